The van der Waals surface area contributed by atoms with Gasteiger partial charge in [-0.3, -0.25) is 0 Å². The van der Waals surface area contributed by atoms with E-state index in [9.17, 15) is 8.78 Å². The number of nitrogens with one attached hydrogen (secondary N) is 1. The number of rotatable bonds is 5. The normalized spacial score (nSPS) is 17.0. The highest BCUT2D eigenvalue weighted by molar-refractivity contribution is 5.51. The van der Waals surface area contributed by atoms with Crippen LogP contribution in [0.5, 0.6) is 0 Å². The molecule has 0 unspecified atom stereocenters. The molecule has 1 aliphatic rings. The molecule has 1 aromatic carbocycles. The molecule has 1 heterocycles. The van der Waals surface area contributed by atoms with Gasteiger partial charge in [0, 0.05) is 26.2 Å². The summed E-state index contributed by atoms with van der Waals surface area (Å²) in [6.07, 6.45) is 1.93. The summed E-state index contributed by atoms with van der Waals surface area (Å²) in [4.78, 5) is 4.02. The molecule has 0 saturated carbocycles. The second-order valence-electron chi connectivity index (χ2n) is 5.73. The van der Waals surface area contributed by atoms with Gasteiger partial charge in [0.1, 0.15) is 17.3 Å². The highest BCUT2D eigenvalue weighted by Gasteiger charge is 2.20. The molecular formula is C16H25F2N3. The smallest absolute Gasteiger partial charge is 0.149 e. The topological polar surface area (TPSA) is 18.5 Å². The van der Waals surface area contributed by atoms with E-state index in [2.05, 4.69) is 17.1 Å². The third kappa shape index (κ3) is 4.38. The zero-order valence-corrected chi connectivity index (χ0v) is 13.0. The highest BCUT2D eigenvalue weighted by Crippen LogP contribution is 2.26. The van der Waals surface area contributed by atoms with E-state index >= 15 is 0 Å². The van der Waals surface area contributed by atoms with Gasteiger partial charge in [0.25, 0.3) is 0 Å². The third-order valence-corrected chi connectivity index (χ3v) is 3.87. The van der Waals surface area contributed by atoms with Crippen LogP contribution in [0.1, 0.15) is 25.3 Å². The van der Waals surface area contributed by atoms with Crippen LogP contribution in [0.25, 0.3) is 0 Å². The van der Waals surface area contributed by atoms with Crippen LogP contribution in [0.4, 0.5) is 14.5 Å². The molecule has 0 bridgehead atoms. The Morgan fingerprint density at radius 3 is 2.48 bits per heavy atom. The summed E-state index contributed by atoms with van der Waals surface area (Å²) in [6, 6.07) is 2.91. The van der Waals surface area contributed by atoms with Crippen molar-refractivity contribution in [1.29, 1.82) is 0 Å². The van der Waals surface area contributed by atoms with Gasteiger partial charge in [0.05, 0.1) is 0 Å². The molecule has 1 saturated heterocycles. The lowest BCUT2D eigenvalue weighted by Gasteiger charge is -2.24. The second-order valence-corrected chi connectivity index (χ2v) is 5.73. The number of benzene rings is 1. The SMILES string of the molecule is CCCNCc1cc(F)c(N2CCCN(C)CC2)c(F)c1. The van der Waals surface area contributed by atoms with Crippen LogP contribution < -0.4 is 10.2 Å². The molecule has 21 heavy (non-hydrogen) atoms. The first-order chi connectivity index (χ1) is 10.1. The first-order valence-corrected chi connectivity index (χ1v) is 7.74. The summed E-state index contributed by atoms with van der Waals surface area (Å²) in [6.45, 7) is 6.59. The Kier molecular flexibility index (Phi) is 5.94. The zero-order chi connectivity index (χ0) is 15.2. The van der Waals surface area contributed by atoms with Crippen LogP contribution in [-0.2, 0) is 6.54 Å². The third-order valence-electron chi connectivity index (χ3n) is 3.87. The molecule has 1 aliphatic heterocycles. The molecule has 0 radical (unpaired) electrons. The van der Waals surface area contributed by atoms with Crippen molar-refractivity contribution in [3.05, 3.63) is 29.3 Å². The van der Waals surface area contributed by atoms with Crippen molar-refractivity contribution >= 4 is 5.69 Å². The van der Waals surface area contributed by atoms with Gasteiger partial charge in [-0.25, -0.2) is 8.78 Å². The minimum Gasteiger partial charge on any atom is -0.365 e. The van der Waals surface area contributed by atoms with Gasteiger partial charge < -0.3 is 15.1 Å². The van der Waals surface area contributed by atoms with Crippen LogP contribution in [0.2, 0.25) is 0 Å². The molecule has 2 rings (SSSR count). The fraction of sp³-hybridized carbons (Fsp3) is 0.625. The first-order valence-electron chi connectivity index (χ1n) is 7.74. The van der Waals surface area contributed by atoms with Crippen LogP contribution >= 0.6 is 0 Å². The van der Waals surface area contributed by atoms with Gasteiger partial charge >= 0.3 is 0 Å². The fourth-order valence-corrected chi connectivity index (χ4v) is 2.70. The quantitative estimate of drug-likeness (QED) is 0.843. The Bertz CT molecular complexity index is 442. The Morgan fingerprint density at radius 2 is 1.81 bits per heavy atom. The maximum atomic E-state index is 14.3. The van der Waals surface area contributed by atoms with Gasteiger partial charge in [0.15, 0.2) is 0 Å². The summed E-state index contributed by atoms with van der Waals surface area (Å²) in [5.74, 6) is -0.902. The van der Waals surface area contributed by atoms with E-state index in [-0.39, 0.29) is 5.69 Å². The van der Waals surface area contributed by atoms with E-state index in [1.165, 1.54) is 12.1 Å². The minimum atomic E-state index is -0.451. The summed E-state index contributed by atoms with van der Waals surface area (Å²) in [5, 5.41) is 3.17. The van der Waals surface area contributed by atoms with Crippen molar-refractivity contribution in [1.82, 2.24) is 10.2 Å². The van der Waals surface area contributed by atoms with Gasteiger partial charge in [-0.2, -0.15) is 0 Å². The predicted octanol–water partition coefficient (Wildman–Crippen LogP) is 2.61. The Labute approximate surface area is 125 Å². The molecular weight excluding hydrogens is 272 g/mol. The average Bonchev–Trinajstić information content (AvgIpc) is 2.64. The number of nitrogens with zero attached hydrogens (tertiary/aromatic N) is 2. The number of halogens is 2. The Balaban J connectivity index is 2.12. The van der Waals surface area contributed by atoms with Crippen LogP contribution in [0.15, 0.2) is 12.1 Å². The van der Waals surface area contributed by atoms with Crippen LogP contribution in [-0.4, -0.2) is 44.7 Å². The largest absolute Gasteiger partial charge is 0.365 e. The van der Waals surface area contributed by atoms with Crippen molar-refractivity contribution in [2.45, 2.75) is 26.3 Å². The minimum absolute atomic E-state index is 0.129. The Hall–Kier alpha value is -1.20. The first kappa shape index (κ1) is 16.2. The number of hydrogen-bond acceptors (Lipinski definition) is 3. The van der Waals surface area contributed by atoms with Gasteiger partial charge in [0.2, 0.25) is 0 Å². The maximum Gasteiger partial charge on any atom is 0.149 e. The molecule has 0 amide bonds. The van der Waals surface area contributed by atoms with E-state index < -0.39 is 11.6 Å². The molecule has 0 aromatic heterocycles. The summed E-state index contributed by atoms with van der Waals surface area (Å²) in [5.41, 5.74) is 0.790. The van der Waals surface area contributed by atoms with E-state index in [0.717, 1.165) is 32.5 Å². The lowest BCUT2D eigenvalue weighted by atomic mass is 10.1. The van der Waals surface area contributed by atoms with Crippen LogP contribution in [0, 0.1) is 11.6 Å². The van der Waals surface area contributed by atoms with Gasteiger partial charge in [-0.1, -0.05) is 6.92 Å². The highest BCUT2D eigenvalue weighted by atomic mass is 19.1. The molecule has 1 N–H and O–H groups in total. The molecule has 118 valence electrons. The fourth-order valence-electron chi connectivity index (χ4n) is 2.70. The molecule has 0 spiro atoms. The van der Waals surface area contributed by atoms with Crippen molar-refractivity contribution in [3.63, 3.8) is 0 Å². The molecule has 1 aromatic rings. The van der Waals surface area contributed by atoms with E-state index in [1.807, 2.05) is 11.9 Å². The predicted molar refractivity (Wildman–Crippen MR) is 82.7 cm³/mol. The Morgan fingerprint density at radius 1 is 1.10 bits per heavy atom. The molecule has 3 nitrogen and oxygen atoms in total. The monoisotopic (exact) mass is 297 g/mol. The van der Waals surface area contributed by atoms with E-state index in [4.69, 9.17) is 0 Å². The maximum absolute atomic E-state index is 14.3. The van der Waals surface area contributed by atoms with Crippen molar-refractivity contribution in [3.8, 4) is 0 Å². The number of anilines is 1. The van der Waals surface area contributed by atoms with Crippen molar-refractivity contribution < 1.29 is 8.78 Å². The van der Waals surface area contributed by atoms with Crippen molar-refractivity contribution in [2.75, 3.05) is 44.7 Å². The lowest BCUT2D eigenvalue weighted by Crippen LogP contribution is -2.30. The molecule has 1 fully saturated rings. The average molecular weight is 297 g/mol. The number of likely N-dealkylation sites (N-methyl/N-ethyl adjacent to an activating group) is 1. The van der Waals surface area contributed by atoms with Gasteiger partial charge in [-0.05, 0) is 50.7 Å². The van der Waals surface area contributed by atoms with E-state index in [0.29, 0.717) is 25.2 Å². The van der Waals surface area contributed by atoms with Gasteiger partial charge in [-0.15, -0.1) is 0 Å². The zero-order valence-electron chi connectivity index (χ0n) is 13.0. The summed E-state index contributed by atoms with van der Waals surface area (Å²) in [7, 11) is 2.04. The summed E-state index contributed by atoms with van der Waals surface area (Å²) >= 11 is 0. The number of hydrogen-bond donors (Lipinski definition) is 1. The standard InChI is InChI=1S/C16H25F2N3/c1-3-5-19-12-13-10-14(17)16(15(18)11-13)21-7-4-6-20(2)8-9-21/h10-11,19H,3-9,12H2,1-2H3. The molecule has 5 heteroatoms. The second kappa shape index (κ2) is 7.71. The lowest BCUT2D eigenvalue weighted by molar-refractivity contribution is 0.360. The molecule has 0 aliphatic carbocycles. The van der Waals surface area contributed by atoms with Crippen LogP contribution in [0.3, 0.4) is 0 Å². The molecule has 0 atom stereocenters. The van der Waals surface area contributed by atoms with Crippen molar-refractivity contribution in [2.24, 2.45) is 0 Å². The summed E-state index contributed by atoms with van der Waals surface area (Å²) < 4.78 is 28.6. The van der Waals surface area contributed by atoms with E-state index in [1.54, 1.807) is 0 Å².